The van der Waals surface area contributed by atoms with Gasteiger partial charge in [0.1, 0.15) is 0 Å². The summed E-state index contributed by atoms with van der Waals surface area (Å²) >= 11 is 0. The second-order valence-corrected chi connectivity index (χ2v) is 5.10. The third kappa shape index (κ3) is 2.77. The summed E-state index contributed by atoms with van der Waals surface area (Å²) in [6, 6.07) is 2.81. The second-order valence-electron chi connectivity index (χ2n) is 5.10. The minimum atomic E-state index is -4.46. The summed E-state index contributed by atoms with van der Waals surface area (Å²) in [4.78, 5) is 13.5. The van der Waals surface area contributed by atoms with Gasteiger partial charge in [0.15, 0.2) is 0 Å². The van der Waals surface area contributed by atoms with Gasteiger partial charge >= 0.3 is 12.3 Å². The Bertz CT molecular complexity index is 559. The predicted molar refractivity (Wildman–Crippen MR) is 74.9 cm³/mol. The first-order valence-electron chi connectivity index (χ1n) is 7.13. The van der Waals surface area contributed by atoms with Gasteiger partial charge in [0.25, 0.3) is 0 Å². The van der Waals surface area contributed by atoms with Gasteiger partial charge in [-0.3, -0.25) is 4.90 Å². The van der Waals surface area contributed by atoms with Gasteiger partial charge in [-0.2, -0.15) is 13.2 Å². The van der Waals surface area contributed by atoms with Gasteiger partial charge in [-0.05, 0) is 37.1 Å². The van der Waals surface area contributed by atoms with Crippen LogP contribution in [0, 0.1) is 0 Å². The molecule has 1 amide bonds. The summed E-state index contributed by atoms with van der Waals surface area (Å²) in [5.41, 5.74) is -0.0835. The highest BCUT2D eigenvalue weighted by Gasteiger charge is 2.43. The van der Waals surface area contributed by atoms with Gasteiger partial charge in [0.05, 0.1) is 24.5 Å². The molecule has 2 rings (SSSR count). The SMILES string of the molecule is CCOC(=O)N1c2ccc(C(F)(F)F)cc2C(CO)C1CC. The molecule has 0 spiro atoms. The number of rotatable bonds is 3. The minimum absolute atomic E-state index is 0.172. The van der Waals surface area contributed by atoms with Crippen LogP contribution in [-0.4, -0.2) is 30.5 Å². The number of hydrogen-bond donors (Lipinski definition) is 1. The van der Waals surface area contributed by atoms with Crippen LogP contribution in [0.3, 0.4) is 0 Å². The maximum atomic E-state index is 12.9. The highest BCUT2D eigenvalue weighted by atomic mass is 19.4. The molecule has 0 bridgehead atoms. The molecule has 22 heavy (non-hydrogen) atoms. The maximum absolute atomic E-state index is 12.9. The maximum Gasteiger partial charge on any atom is 0.416 e. The molecule has 0 fully saturated rings. The zero-order valence-corrected chi connectivity index (χ0v) is 12.4. The number of aliphatic hydroxyl groups excluding tert-OH is 1. The lowest BCUT2D eigenvalue weighted by Crippen LogP contribution is -2.40. The molecule has 1 aromatic rings. The molecule has 1 aromatic carbocycles. The number of carbonyl (C=O) groups excluding carboxylic acids is 1. The van der Waals surface area contributed by atoms with Crippen LogP contribution in [0.2, 0.25) is 0 Å². The Labute approximate surface area is 126 Å². The van der Waals surface area contributed by atoms with E-state index in [0.717, 1.165) is 12.1 Å². The largest absolute Gasteiger partial charge is 0.449 e. The minimum Gasteiger partial charge on any atom is -0.449 e. The van der Waals surface area contributed by atoms with Crippen molar-refractivity contribution in [2.45, 2.75) is 38.4 Å². The Morgan fingerprint density at radius 2 is 2.05 bits per heavy atom. The molecule has 2 unspecified atom stereocenters. The van der Waals surface area contributed by atoms with E-state index in [1.54, 1.807) is 6.92 Å². The summed E-state index contributed by atoms with van der Waals surface area (Å²) < 4.78 is 43.6. The van der Waals surface area contributed by atoms with E-state index >= 15 is 0 Å². The van der Waals surface area contributed by atoms with Crippen LogP contribution >= 0.6 is 0 Å². The summed E-state index contributed by atoms with van der Waals surface area (Å²) in [6.45, 7) is 3.32. The highest BCUT2D eigenvalue weighted by molar-refractivity contribution is 5.92. The fraction of sp³-hybridized carbons (Fsp3) is 0.533. The first-order chi connectivity index (χ1) is 10.3. The number of fused-ring (bicyclic) bond motifs is 1. The zero-order chi connectivity index (χ0) is 16.5. The van der Waals surface area contributed by atoms with E-state index in [-0.39, 0.29) is 13.2 Å². The number of carbonyl (C=O) groups is 1. The van der Waals surface area contributed by atoms with Crippen molar-refractivity contribution in [1.82, 2.24) is 0 Å². The molecule has 1 heterocycles. The normalized spacial score (nSPS) is 20.9. The lowest BCUT2D eigenvalue weighted by atomic mass is 9.93. The Morgan fingerprint density at radius 1 is 1.36 bits per heavy atom. The second kappa shape index (κ2) is 6.16. The summed E-state index contributed by atoms with van der Waals surface area (Å²) in [5, 5.41) is 9.58. The number of benzene rings is 1. The third-order valence-corrected chi connectivity index (χ3v) is 3.89. The molecule has 7 heteroatoms. The number of halogens is 3. The van der Waals surface area contributed by atoms with Gasteiger partial charge in [-0.25, -0.2) is 4.79 Å². The molecule has 122 valence electrons. The van der Waals surface area contributed by atoms with Gasteiger partial charge in [-0.15, -0.1) is 0 Å². The predicted octanol–water partition coefficient (Wildman–Crippen LogP) is 3.54. The molecule has 4 nitrogen and oxygen atoms in total. The molecule has 0 aliphatic carbocycles. The van der Waals surface area contributed by atoms with Crippen molar-refractivity contribution in [2.24, 2.45) is 0 Å². The molecule has 0 saturated carbocycles. The van der Waals surface area contributed by atoms with E-state index < -0.39 is 29.8 Å². The van der Waals surface area contributed by atoms with Crippen LogP contribution in [0.25, 0.3) is 0 Å². The number of amides is 1. The van der Waals surface area contributed by atoms with Crippen molar-refractivity contribution in [1.29, 1.82) is 0 Å². The van der Waals surface area contributed by atoms with E-state index in [4.69, 9.17) is 4.74 Å². The summed E-state index contributed by atoms with van der Waals surface area (Å²) in [7, 11) is 0. The number of aliphatic hydroxyl groups is 1. The average Bonchev–Trinajstić information content (AvgIpc) is 2.78. The molecule has 0 radical (unpaired) electrons. The van der Waals surface area contributed by atoms with Crippen LogP contribution in [0.5, 0.6) is 0 Å². The van der Waals surface area contributed by atoms with Crippen molar-refractivity contribution in [2.75, 3.05) is 18.1 Å². The summed E-state index contributed by atoms with van der Waals surface area (Å²) in [5.74, 6) is -0.549. The monoisotopic (exact) mass is 317 g/mol. The quantitative estimate of drug-likeness (QED) is 0.928. The van der Waals surface area contributed by atoms with Crippen molar-refractivity contribution in [3.8, 4) is 0 Å². The summed E-state index contributed by atoms with van der Waals surface area (Å²) in [6.07, 6.45) is -4.57. The fourth-order valence-corrected chi connectivity index (χ4v) is 2.93. The Kier molecular flexibility index (Phi) is 4.65. The Hall–Kier alpha value is -1.76. The molecule has 1 aliphatic heterocycles. The third-order valence-electron chi connectivity index (χ3n) is 3.89. The van der Waals surface area contributed by atoms with Gasteiger partial charge in [0, 0.05) is 12.0 Å². The van der Waals surface area contributed by atoms with E-state index in [9.17, 15) is 23.1 Å². The van der Waals surface area contributed by atoms with Crippen LogP contribution in [-0.2, 0) is 10.9 Å². The van der Waals surface area contributed by atoms with Gasteiger partial charge < -0.3 is 9.84 Å². The van der Waals surface area contributed by atoms with Crippen molar-refractivity contribution < 1.29 is 27.8 Å². The van der Waals surface area contributed by atoms with Crippen molar-refractivity contribution in [3.63, 3.8) is 0 Å². The van der Waals surface area contributed by atoms with Crippen LogP contribution in [0.4, 0.5) is 23.7 Å². The zero-order valence-electron chi connectivity index (χ0n) is 12.4. The highest BCUT2D eigenvalue weighted by Crippen LogP contribution is 2.44. The Balaban J connectivity index is 2.51. The first kappa shape index (κ1) is 16.6. The lowest BCUT2D eigenvalue weighted by molar-refractivity contribution is -0.137. The number of hydrogen-bond acceptors (Lipinski definition) is 3. The number of anilines is 1. The number of ether oxygens (including phenoxy) is 1. The van der Waals surface area contributed by atoms with Crippen molar-refractivity contribution in [3.05, 3.63) is 29.3 Å². The standard InChI is InChI=1S/C15H18F3NO3/c1-3-12-11(8-20)10-7-9(15(16,17)18)5-6-13(10)19(12)14(21)22-4-2/h5-7,11-12,20H,3-4,8H2,1-2H3. The van der Waals surface area contributed by atoms with E-state index in [2.05, 4.69) is 0 Å². The van der Waals surface area contributed by atoms with Crippen LogP contribution in [0.1, 0.15) is 37.3 Å². The lowest BCUT2D eigenvalue weighted by Gasteiger charge is -2.26. The molecular weight excluding hydrogens is 299 g/mol. The number of alkyl halides is 3. The van der Waals surface area contributed by atoms with E-state index in [1.165, 1.54) is 11.0 Å². The van der Waals surface area contributed by atoms with Crippen LogP contribution < -0.4 is 4.90 Å². The number of nitrogens with zero attached hydrogens (tertiary/aromatic N) is 1. The van der Waals surface area contributed by atoms with Crippen molar-refractivity contribution >= 4 is 11.8 Å². The molecule has 1 N–H and O–H groups in total. The van der Waals surface area contributed by atoms with E-state index in [0.29, 0.717) is 17.7 Å². The molecule has 2 atom stereocenters. The Morgan fingerprint density at radius 3 is 2.55 bits per heavy atom. The first-order valence-corrected chi connectivity index (χ1v) is 7.13. The molecule has 0 aromatic heterocycles. The molecule has 1 aliphatic rings. The van der Waals surface area contributed by atoms with Gasteiger partial charge in [0.2, 0.25) is 0 Å². The molecular formula is C15H18F3NO3. The van der Waals surface area contributed by atoms with Gasteiger partial charge in [-0.1, -0.05) is 6.92 Å². The fourth-order valence-electron chi connectivity index (χ4n) is 2.93. The smallest absolute Gasteiger partial charge is 0.416 e. The molecule has 0 saturated heterocycles. The van der Waals surface area contributed by atoms with E-state index in [1.807, 2.05) is 6.92 Å². The average molecular weight is 317 g/mol. The van der Waals surface area contributed by atoms with Crippen LogP contribution in [0.15, 0.2) is 18.2 Å². The topological polar surface area (TPSA) is 49.8 Å².